The molecule has 0 aromatic heterocycles. The highest BCUT2D eigenvalue weighted by molar-refractivity contribution is 7.92. The normalized spacial score (nSPS) is 36.0. The Bertz CT molecular complexity index is 1370. The minimum atomic E-state index is -3.74. The number of allylic oxidation sites excluding steroid dienone is 1. The first kappa shape index (κ1) is 24.7. The molecule has 4 aliphatic rings. The summed E-state index contributed by atoms with van der Waals surface area (Å²) in [5, 5.41) is -0.811. The second-order valence-electron chi connectivity index (χ2n) is 11.7. The zero-order valence-corrected chi connectivity index (χ0v) is 22.7. The zero-order chi connectivity index (χ0) is 26.1. The van der Waals surface area contributed by atoms with Gasteiger partial charge in [0.2, 0.25) is 0 Å². The summed E-state index contributed by atoms with van der Waals surface area (Å²) in [4.78, 5) is 13.0. The molecule has 2 aromatic carbocycles. The topological polar surface area (TPSA) is 69.7 Å². The van der Waals surface area contributed by atoms with Crippen LogP contribution in [0.1, 0.15) is 69.4 Å². The fourth-order valence-electron chi connectivity index (χ4n) is 8.81. The molecule has 5 nitrogen and oxygen atoms in total. The Hall–Kier alpha value is -2.60. The molecule has 0 N–H and O–H groups in total. The summed E-state index contributed by atoms with van der Waals surface area (Å²) in [5.74, 6) is 1.26. The number of carbonyl (C=O) groups is 1. The maximum Gasteiger partial charge on any atom is 0.303 e. The molecular weight excluding hydrogens is 484 g/mol. The van der Waals surface area contributed by atoms with Crippen LogP contribution in [0.25, 0.3) is 0 Å². The second-order valence-corrected chi connectivity index (χ2v) is 13.8. The van der Waals surface area contributed by atoms with E-state index in [1.807, 2.05) is 12.1 Å². The third kappa shape index (κ3) is 3.27. The van der Waals surface area contributed by atoms with Gasteiger partial charge in [-0.1, -0.05) is 43.7 Å². The fourth-order valence-corrected chi connectivity index (χ4v) is 11.0. The van der Waals surface area contributed by atoms with Crippen LogP contribution in [0.5, 0.6) is 5.75 Å². The molecule has 0 unspecified atom stereocenters. The molecule has 0 saturated heterocycles. The molecule has 2 aromatic rings. The smallest absolute Gasteiger partial charge is 0.303 e. The molecule has 196 valence electrons. The Labute approximate surface area is 220 Å². The summed E-state index contributed by atoms with van der Waals surface area (Å²) in [7, 11) is -2.03. The summed E-state index contributed by atoms with van der Waals surface area (Å²) in [6.07, 6.45) is 10.2. The van der Waals surface area contributed by atoms with E-state index in [9.17, 15) is 13.2 Å². The van der Waals surface area contributed by atoms with Crippen LogP contribution in [0.4, 0.5) is 0 Å². The lowest BCUT2D eigenvalue weighted by Gasteiger charge is -2.61. The molecule has 0 aliphatic heterocycles. The van der Waals surface area contributed by atoms with Crippen LogP contribution in [0.2, 0.25) is 0 Å². The van der Waals surface area contributed by atoms with Crippen LogP contribution < -0.4 is 4.74 Å². The number of benzene rings is 2. The second kappa shape index (κ2) is 8.45. The van der Waals surface area contributed by atoms with Crippen molar-refractivity contribution in [2.45, 2.75) is 80.5 Å². The van der Waals surface area contributed by atoms with Gasteiger partial charge < -0.3 is 9.47 Å². The van der Waals surface area contributed by atoms with Crippen LogP contribution in [-0.2, 0) is 25.8 Å². The van der Waals surface area contributed by atoms with E-state index in [1.165, 1.54) is 18.1 Å². The lowest BCUT2D eigenvalue weighted by Crippen LogP contribution is -2.63. The van der Waals surface area contributed by atoms with Crippen molar-refractivity contribution in [3.05, 3.63) is 71.8 Å². The number of methoxy groups -OCH3 is 1. The Balaban J connectivity index is 1.49. The van der Waals surface area contributed by atoms with Crippen molar-refractivity contribution in [2.24, 2.45) is 16.7 Å². The molecular formula is C31H36O5S. The molecule has 0 heterocycles. The minimum absolute atomic E-state index is 0.218. The summed E-state index contributed by atoms with van der Waals surface area (Å²) in [5.41, 5.74) is 0.871. The highest BCUT2D eigenvalue weighted by atomic mass is 32.2. The number of ether oxygens (including phenoxy) is 2. The first-order valence-corrected chi connectivity index (χ1v) is 15.1. The highest BCUT2D eigenvalue weighted by Gasteiger charge is 2.73. The Kier molecular flexibility index (Phi) is 5.65. The molecule has 6 rings (SSSR count). The molecule has 0 spiro atoms. The van der Waals surface area contributed by atoms with Gasteiger partial charge in [-0.05, 0) is 91.8 Å². The van der Waals surface area contributed by atoms with E-state index < -0.39 is 32.1 Å². The van der Waals surface area contributed by atoms with Gasteiger partial charge in [-0.3, -0.25) is 4.79 Å². The molecule has 6 atom stereocenters. The van der Waals surface area contributed by atoms with Crippen LogP contribution in [0.15, 0.2) is 65.6 Å². The van der Waals surface area contributed by atoms with Crippen molar-refractivity contribution in [3.63, 3.8) is 0 Å². The number of hydrogen-bond acceptors (Lipinski definition) is 5. The quantitative estimate of drug-likeness (QED) is 0.364. The van der Waals surface area contributed by atoms with Crippen LogP contribution in [0.3, 0.4) is 0 Å². The SMILES string of the molecule is COc1ccc2c(c1)CC[C@H]1[C@H]2CC[C@@]2(C)[C@]13C=C[C@]2(OC(C)=O)[C@H](S(=O)(=O)c1ccccc1)CCC3. The number of aryl methyl sites for hydroxylation is 1. The van der Waals surface area contributed by atoms with E-state index in [1.54, 1.807) is 31.4 Å². The van der Waals surface area contributed by atoms with E-state index in [-0.39, 0.29) is 5.41 Å². The van der Waals surface area contributed by atoms with Gasteiger partial charge in [0.15, 0.2) is 15.4 Å². The van der Waals surface area contributed by atoms with E-state index in [0.29, 0.717) is 23.2 Å². The number of carbonyl (C=O) groups excluding carboxylic acids is 1. The van der Waals surface area contributed by atoms with Crippen molar-refractivity contribution in [2.75, 3.05) is 7.11 Å². The summed E-state index contributed by atoms with van der Waals surface area (Å²) < 4.78 is 40.2. The van der Waals surface area contributed by atoms with Gasteiger partial charge >= 0.3 is 5.97 Å². The lowest BCUT2D eigenvalue weighted by molar-refractivity contribution is -0.181. The predicted octanol–water partition coefficient (Wildman–Crippen LogP) is 6.03. The van der Waals surface area contributed by atoms with Crippen LogP contribution in [-0.4, -0.2) is 32.3 Å². The minimum Gasteiger partial charge on any atom is -0.497 e. The number of esters is 1. The van der Waals surface area contributed by atoms with E-state index in [2.05, 4.69) is 31.2 Å². The average molecular weight is 521 g/mol. The largest absolute Gasteiger partial charge is 0.497 e. The van der Waals surface area contributed by atoms with Gasteiger partial charge in [-0.15, -0.1) is 0 Å². The van der Waals surface area contributed by atoms with Gasteiger partial charge in [-0.2, -0.15) is 0 Å². The van der Waals surface area contributed by atoms with Crippen LogP contribution >= 0.6 is 0 Å². The Morgan fingerprint density at radius 1 is 1.00 bits per heavy atom. The lowest BCUT2D eigenvalue weighted by atomic mass is 9.44. The molecule has 0 amide bonds. The van der Waals surface area contributed by atoms with E-state index in [0.717, 1.165) is 44.3 Å². The first-order chi connectivity index (χ1) is 17.7. The molecule has 4 aliphatic carbocycles. The average Bonchev–Trinajstić information content (AvgIpc) is 3.07. The predicted molar refractivity (Wildman–Crippen MR) is 142 cm³/mol. The number of fused-ring (bicyclic) bond motifs is 3. The zero-order valence-electron chi connectivity index (χ0n) is 21.9. The van der Waals surface area contributed by atoms with Crippen molar-refractivity contribution >= 4 is 15.8 Å². The van der Waals surface area contributed by atoms with Crippen molar-refractivity contribution in [1.82, 2.24) is 0 Å². The third-order valence-corrected chi connectivity index (χ3v) is 12.7. The molecule has 6 heteroatoms. The number of rotatable bonds is 4. The van der Waals surface area contributed by atoms with Gasteiger partial charge in [-0.25, -0.2) is 8.42 Å². The fraction of sp³-hybridized carbons (Fsp3) is 0.516. The maximum atomic E-state index is 14.2. The van der Waals surface area contributed by atoms with Crippen molar-refractivity contribution < 1.29 is 22.7 Å². The third-order valence-electron chi connectivity index (χ3n) is 10.4. The summed E-state index contributed by atoms with van der Waals surface area (Å²) in [6, 6.07) is 15.2. The summed E-state index contributed by atoms with van der Waals surface area (Å²) >= 11 is 0. The Morgan fingerprint density at radius 3 is 2.51 bits per heavy atom. The van der Waals surface area contributed by atoms with Gasteiger partial charge in [0.1, 0.15) is 11.0 Å². The van der Waals surface area contributed by atoms with Crippen LogP contribution in [0, 0.1) is 16.7 Å². The molecule has 2 saturated carbocycles. The van der Waals surface area contributed by atoms with E-state index >= 15 is 0 Å². The summed E-state index contributed by atoms with van der Waals surface area (Å²) in [6.45, 7) is 3.63. The number of sulfone groups is 1. The maximum absolute atomic E-state index is 14.2. The molecule has 0 radical (unpaired) electrons. The van der Waals surface area contributed by atoms with Gasteiger partial charge in [0.05, 0.1) is 12.0 Å². The Morgan fingerprint density at radius 2 is 1.78 bits per heavy atom. The van der Waals surface area contributed by atoms with Gasteiger partial charge in [0.25, 0.3) is 0 Å². The van der Waals surface area contributed by atoms with E-state index in [4.69, 9.17) is 9.47 Å². The molecule has 2 fully saturated rings. The molecule has 37 heavy (non-hydrogen) atoms. The molecule has 2 bridgehead atoms. The first-order valence-electron chi connectivity index (χ1n) is 13.5. The van der Waals surface area contributed by atoms with Gasteiger partial charge in [0, 0.05) is 17.8 Å². The van der Waals surface area contributed by atoms with Crippen molar-refractivity contribution in [3.8, 4) is 5.75 Å². The number of hydrogen-bond donors (Lipinski definition) is 0. The van der Waals surface area contributed by atoms with Crippen molar-refractivity contribution in [1.29, 1.82) is 0 Å². The highest BCUT2D eigenvalue weighted by Crippen LogP contribution is 2.73. The standard InChI is InChI=1S/C31H36O5S/c1-21(32)36-31-19-18-30(16-7-10-28(31)37(33,34)24-8-5-4-6-9-24)27-14-11-22-20-23(35-3)12-13-25(22)26(27)15-17-29(30,31)2/h4-6,8-9,12-13,18-20,26-28H,7,10-11,14-17H2,1-3H3/t26-,27-,28+,29-,30+,31-/m0/s1. The monoisotopic (exact) mass is 520 g/mol.